The lowest BCUT2D eigenvalue weighted by Crippen LogP contribution is -2.54. The van der Waals surface area contributed by atoms with Crippen LogP contribution < -0.4 is 27.4 Å². The SMILES string of the molecule is NC(=O)CC(NC(=O)CNC(=O)C(CCC(=O)O)NC(=O)C(N)CC(=O)O)C(=O)O. The van der Waals surface area contributed by atoms with Crippen LogP contribution in [0.2, 0.25) is 0 Å². The van der Waals surface area contributed by atoms with E-state index in [2.05, 4.69) is 10.6 Å². The highest BCUT2D eigenvalue weighted by atomic mass is 16.4. The molecule has 0 aliphatic heterocycles. The van der Waals surface area contributed by atoms with E-state index >= 15 is 0 Å². The maximum atomic E-state index is 12.2. The van der Waals surface area contributed by atoms with E-state index in [-0.39, 0.29) is 0 Å². The number of carboxylic acids is 3. The van der Waals surface area contributed by atoms with E-state index < -0.39 is 91.9 Å². The molecule has 15 nitrogen and oxygen atoms in total. The first-order valence-corrected chi connectivity index (χ1v) is 8.41. The minimum atomic E-state index is -1.62. The minimum Gasteiger partial charge on any atom is -0.481 e. The van der Waals surface area contributed by atoms with Gasteiger partial charge in [-0.05, 0) is 6.42 Å². The Hall–Kier alpha value is -3.75. The fraction of sp³-hybridized carbons (Fsp3) is 0.533. The molecule has 0 aromatic heterocycles. The maximum absolute atomic E-state index is 12.2. The van der Waals surface area contributed by atoms with E-state index in [4.69, 9.17) is 26.8 Å². The molecule has 4 amide bonds. The molecule has 0 saturated heterocycles. The van der Waals surface area contributed by atoms with Gasteiger partial charge in [0.15, 0.2) is 0 Å². The van der Waals surface area contributed by atoms with Gasteiger partial charge >= 0.3 is 17.9 Å². The summed E-state index contributed by atoms with van der Waals surface area (Å²) < 4.78 is 0. The molecular formula is C15H23N5O10. The van der Waals surface area contributed by atoms with Gasteiger partial charge < -0.3 is 42.7 Å². The first kappa shape index (κ1) is 26.2. The number of aliphatic carboxylic acids is 3. The Kier molecular flexibility index (Phi) is 11.1. The van der Waals surface area contributed by atoms with Crippen molar-refractivity contribution in [2.45, 2.75) is 43.8 Å². The van der Waals surface area contributed by atoms with Crippen LogP contribution in [0.4, 0.5) is 0 Å². The summed E-state index contributed by atoms with van der Waals surface area (Å²) in [6.07, 6.45) is -2.36. The maximum Gasteiger partial charge on any atom is 0.326 e. The zero-order valence-corrected chi connectivity index (χ0v) is 15.6. The number of rotatable bonds is 14. The van der Waals surface area contributed by atoms with Gasteiger partial charge in [0.05, 0.1) is 25.4 Å². The van der Waals surface area contributed by atoms with E-state index in [1.54, 1.807) is 0 Å². The quantitative estimate of drug-likeness (QED) is 0.130. The molecule has 0 fully saturated rings. The molecule has 0 aliphatic rings. The van der Waals surface area contributed by atoms with E-state index in [1.165, 1.54) is 0 Å². The molecule has 0 aromatic rings. The monoisotopic (exact) mass is 433 g/mol. The predicted molar refractivity (Wildman–Crippen MR) is 95.4 cm³/mol. The second-order valence-electron chi connectivity index (χ2n) is 6.04. The van der Waals surface area contributed by atoms with Crippen molar-refractivity contribution in [3.63, 3.8) is 0 Å². The van der Waals surface area contributed by atoms with Crippen LogP contribution in [0.25, 0.3) is 0 Å². The molecule has 30 heavy (non-hydrogen) atoms. The van der Waals surface area contributed by atoms with E-state index in [9.17, 15) is 33.6 Å². The van der Waals surface area contributed by atoms with Gasteiger partial charge in [0.25, 0.3) is 0 Å². The molecule has 3 atom stereocenters. The second-order valence-corrected chi connectivity index (χ2v) is 6.04. The van der Waals surface area contributed by atoms with Crippen LogP contribution in [0.3, 0.4) is 0 Å². The number of hydrogen-bond acceptors (Lipinski definition) is 8. The highest BCUT2D eigenvalue weighted by Crippen LogP contribution is 2.00. The Balaban J connectivity index is 4.94. The third-order valence-electron chi connectivity index (χ3n) is 3.47. The van der Waals surface area contributed by atoms with Gasteiger partial charge in [-0.15, -0.1) is 0 Å². The molecule has 0 aromatic carbocycles. The van der Waals surface area contributed by atoms with Crippen molar-refractivity contribution in [1.82, 2.24) is 16.0 Å². The minimum absolute atomic E-state index is 0.395. The first-order chi connectivity index (χ1) is 13.8. The van der Waals surface area contributed by atoms with E-state index in [0.717, 1.165) is 0 Å². The van der Waals surface area contributed by atoms with Crippen LogP contribution in [0, 0.1) is 0 Å². The van der Waals surface area contributed by atoms with Crippen molar-refractivity contribution >= 4 is 41.5 Å². The summed E-state index contributed by atoms with van der Waals surface area (Å²) in [5.41, 5.74) is 10.2. The first-order valence-electron chi connectivity index (χ1n) is 8.41. The molecule has 3 unspecified atom stereocenters. The molecule has 0 saturated carbocycles. The summed E-state index contributed by atoms with van der Waals surface area (Å²) in [5, 5.41) is 32.4. The summed E-state index contributed by atoms with van der Waals surface area (Å²) in [4.78, 5) is 78.9. The van der Waals surface area contributed by atoms with Crippen LogP contribution >= 0.6 is 0 Å². The van der Waals surface area contributed by atoms with Gasteiger partial charge in [-0.25, -0.2) is 4.79 Å². The molecule has 10 N–H and O–H groups in total. The molecule has 0 aliphatic carbocycles. The lowest BCUT2D eigenvalue weighted by Gasteiger charge is -2.20. The number of primary amides is 1. The lowest BCUT2D eigenvalue weighted by atomic mass is 10.1. The molecule has 168 valence electrons. The van der Waals surface area contributed by atoms with Gasteiger partial charge in [0, 0.05) is 6.42 Å². The molecule has 0 heterocycles. The molecule has 0 spiro atoms. The number of amides is 4. The summed E-state index contributed by atoms with van der Waals surface area (Å²) in [7, 11) is 0. The zero-order valence-electron chi connectivity index (χ0n) is 15.6. The van der Waals surface area contributed by atoms with Crippen LogP contribution in [0.15, 0.2) is 0 Å². The Morgan fingerprint density at radius 2 is 1.40 bits per heavy atom. The standard InChI is InChI=1S/C15H23N5O10/c16-6(3-12(25)26)13(27)20-7(1-2-11(23)24)14(28)18-5-10(22)19-8(15(29)30)4-9(17)21/h6-8H,1-5,16H2,(H2,17,21)(H,18,28)(H,19,22)(H,20,27)(H,23,24)(H,25,26)(H,29,30). The normalized spacial score (nSPS) is 13.2. The van der Waals surface area contributed by atoms with E-state index in [0.29, 0.717) is 0 Å². The van der Waals surface area contributed by atoms with Crippen LogP contribution in [0.1, 0.15) is 25.7 Å². The van der Waals surface area contributed by atoms with Crippen molar-refractivity contribution in [3.05, 3.63) is 0 Å². The number of carboxylic acid groups (broad SMARTS) is 3. The molecule has 0 radical (unpaired) electrons. The van der Waals surface area contributed by atoms with Gasteiger partial charge in [-0.2, -0.15) is 0 Å². The molecule has 0 rings (SSSR count). The van der Waals surface area contributed by atoms with Crippen molar-refractivity contribution in [2.75, 3.05) is 6.54 Å². The third-order valence-corrected chi connectivity index (χ3v) is 3.47. The van der Waals surface area contributed by atoms with Crippen LogP contribution in [0.5, 0.6) is 0 Å². The molecular weight excluding hydrogens is 410 g/mol. The molecule has 15 heteroatoms. The highest BCUT2D eigenvalue weighted by molar-refractivity contribution is 5.94. The average molecular weight is 433 g/mol. The summed E-state index contributed by atoms with van der Waals surface area (Å²) in [5.74, 6) is -8.20. The highest BCUT2D eigenvalue weighted by Gasteiger charge is 2.27. The van der Waals surface area contributed by atoms with Crippen molar-refractivity contribution in [3.8, 4) is 0 Å². The third kappa shape index (κ3) is 11.2. The van der Waals surface area contributed by atoms with Gasteiger partial charge in [0.1, 0.15) is 12.1 Å². The van der Waals surface area contributed by atoms with Gasteiger partial charge in [0.2, 0.25) is 23.6 Å². The van der Waals surface area contributed by atoms with Crippen LogP contribution in [-0.4, -0.2) is 81.5 Å². The molecule has 0 bridgehead atoms. The Labute approximate surface area is 169 Å². The Bertz CT molecular complexity index is 710. The largest absolute Gasteiger partial charge is 0.481 e. The zero-order chi connectivity index (χ0) is 23.4. The number of nitrogens with two attached hydrogens (primary N) is 2. The van der Waals surface area contributed by atoms with Crippen LogP contribution in [-0.2, 0) is 33.6 Å². The fourth-order valence-corrected chi connectivity index (χ4v) is 2.03. The fourth-order valence-electron chi connectivity index (χ4n) is 2.03. The smallest absolute Gasteiger partial charge is 0.326 e. The number of carbonyl (C=O) groups excluding carboxylic acids is 4. The topological polar surface area (TPSA) is 268 Å². The summed E-state index contributed by atoms with van der Waals surface area (Å²) in [6.45, 7) is -0.762. The van der Waals surface area contributed by atoms with Gasteiger partial charge in [-0.3, -0.25) is 28.8 Å². The van der Waals surface area contributed by atoms with Crippen molar-refractivity contribution in [1.29, 1.82) is 0 Å². The number of nitrogens with one attached hydrogen (secondary N) is 3. The van der Waals surface area contributed by atoms with E-state index in [1.807, 2.05) is 5.32 Å². The average Bonchev–Trinajstić information content (AvgIpc) is 2.61. The Morgan fingerprint density at radius 1 is 0.800 bits per heavy atom. The van der Waals surface area contributed by atoms with Gasteiger partial charge in [-0.1, -0.05) is 0 Å². The summed E-state index contributed by atoms with van der Waals surface area (Å²) >= 11 is 0. The number of carbonyl (C=O) groups is 7. The lowest BCUT2D eigenvalue weighted by molar-refractivity contribution is -0.143. The number of hydrogen-bond donors (Lipinski definition) is 8. The second kappa shape index (κ2) is 12.7. The Morgan fingerprint density at radius 3 is 1.87 bits per heavy atom. The van der Waals surface area contributed by atoms with Crippen molar-refractivity contribution < 1.29 is 48.9 Å². The predicted octanol–water partition coefficient (Wildman–Crippen LogP) is -4.30. The summed E-state index contributed by atoms with van der Waals surface area (Å²) in [6, 6.07) is -4.58. The van der Waals surface area contributed by atoms with Crippen molar-refractivity contribution in [2.24, 2.45) is 11.5 Å².